The largest absolute Gasteiger partial charge is 0.465 e. The average molecular weight is 565 g/mol. The number of fused-ring (bicyclic) bond motifs is 2. The van der Waals surface area contributed by atoms with Crippen LogP contribution in [0.1, 0.15) is 30.0 Å². The molecule has 2 unspecified atom stereocenters. The molecule has 3 heterocycles. The first-order chi connectivity index (χ1) is 19.5. The average Bonchev–Trinajstić information content (AvgIpc) is 3.48. The normalized spacial score (nSPS) is 21.9. The van der Waals surface area contributed by atoms with E-state index in [2.05, 4.69) is 32.0 Å². The molecule has 0 saturated carbocycles. The molecule has 41 heavy (non-hydrogen) atoms. The second-order valence-corrected chi connectivity index (χ2v) is 10.8. The molecule has 1 fully saturated rings. The lowest BCUT2D eigenvalue weighted by molar-refractivity contribution is -0.120. The SMILES string of the molecule is C[C@H](C(=O)Nc1cc(C#N)c2c(c1)CC(O)(CNCCC1CN(c3cnc4c(n3)NC(=O)CO4)C(=O)O1)C2)N(C)C. The summed E-state index contributed by atoms with van der Waals surface area (Å²) >= 11 is 0. The van der Waals surface area contributed by atoms with E-state index in [4.69, 9.17) is 9.47 Å². The van der Waals surface area contributed by atoms with E-state index in [9.17, 15) is 24.8 Å². The Labute approximate surface area is 236 Å². The molecule has 1 saturated heterocycles. The van der Waals surface area contributed by atoms with Crippen LogP contribution >= 0.6 is 0 Å². The van der Waals surface area contributed by atoms with Crippen LogP contribution in [0.3, 0.4) is 0 Å². The summed E-state index contributed by atoms with van der Waals surface area (Å²) in [5.74, 6) is 0.0529. The number of nitrogens with one attached hydrogen (secondary N) is 3. The van der Waals surface area contributed by atoms with Crippen molar-refractivity contribution in [3.05, 3.63) is 35.0 Å². The maximum Gasteiger partial charge on any atom is 0.415 e. The highest BCUT2D eigenvalue weighted by molar-refractivity contribution is 5.95. The molecular weight excluding hydrogens is 532 g/mol. The number of likely N-dealkylation sites (N-methyl/N-ethyl adjacent to an activating group) is 1. The predicted octanol–water partition coefficient (Wildman–Crippen LogP) is 0.403. The smallest absolute Gasteiger partial charge is 0.415 e. The second kappa shape index (κ2) is 11.3. The van der Waals surface area contributed by atoms with Gasteiger partial charge in [0.2, 0.25) is 5.91 Å². The zero-order valence-electron chi connectivity index (χ0n) is 23.1. The van der Waals surface area contributed by atoms with Crippen LogP contribution < -0.4 is 25.6 Å². The van der Waals surface area contributed by atoms with E-state index in [1.165, 1.54) is 11.1 Å². The standard InChI is InChI=1S/C27H32N8O6/c1-15(34(2)3)24(37)31-18-6-16-8-27(39,9-20(16)17(7-18)10-28)14-29-5-4-19-12-35(26(38)41-19)21-11-30-25-23(32-21)33-22(36)13-40-25/h6-7,11,15,19,29,39H,4-5,8-9,12-14H2,1-3H3,(H,31,37)(H,32,33,36)/t15-,19?,27?/m1/s1. The van der Waals surface area contributed by atoms with Crippen LogP contribution in [0.25, 0.3) is 0 Å². The number of benzene rings is 1. The van der Waals surface area contributed by atoms with Crippen LogP contribution in [-0.4, -0.2) is 96.0 Å². The second-order valence-electron chi connectivity index (χ2n) is 10.8. The topological polar surface area (TPSA) is 182 Å². The van der Waals surface area contributed by atoms with E-state index in [0.717, 1.165) is 11.1 Å². The first-order valence-corrected chi connectivity index (χ1v) is 13.3. The van der Waals surface area contributed by atoms with Gasteiger partial charge in [0.15, 0.2) is 18.2 Å². The van der Waals surface area contributed by atoms with Gasteiger partial charge in [0.05, 0.1) is 36.0 Å². The van der Waals surface area contributed by atoms with Crippen LogP contribution in [0.15, 0.2) is 18.3 Å². The van der Waals surface area contributed by atoms with E-state index in [0.29, 0.717) is 37.1 Å². The number of cyclic esters (lactones) is 1. The van der Waals surface area contributed by atoms with Gasteiger partial charge in [-0.25, -0.2) is 14.8 Å². The summed E-state index contributed by atoms with van der Waals surface area (Å²) in [6.45, 7) is 2.65. The Morgan fingerprint density at radius 1 is 1.37 bits per heavy atom. The quantitative estimate of drug-likeness (QED) is 0.309. The van der Waals surface area contributed by atoms with Crippen LogP contribution in [0, 0.1) is 11.3 Å². The van der Waals surface area contributed by atoms with Gasteiger partial charge in [-0.15, -0.1) is 0 Å². The summed E-state index contributed by atoms with van der Waals surface area (Å²) in [5, 5.41) is 29.7. The van der Waals surface area contributed by atoms with Gasteiger partial charge in [-0.05, 0) is 57.2 Å². The fraction of sp³-hybridized carbons (Fsp3) is 0.481. The molecule has 4 N–H and O–H groups in total. The summed E-state index contributed by atoms with van der Waals surface area (Å²) < 4.78 is 10.7. The summed E-state index contributed by atoms with van der Waals surface area (Å²) in [6, 6.07) is 5.32. The van der Waals surface area contributed by atoms with Crippen LogP contribution in [0.4, 0.5) is 22.1 Å². The van der Waals surface area contributed by atoms with Gasteiger partial charge in [0.1, 0.15) is 6.10 Å². The molecule has 3 atom stereocenters. The molecular formula is C27H32N8O6. The summed E-state index contributed by atoms with van der Waals surface area (Å²) in [5.41, 5.74) is 1.47. The monoisotopic (exact) mass is 564 g/mol. The molecule has 5 rings (SSSR count). The number of ether oxygens (including phenoxy) is 2. The maximum absolute atomic E-state index is 12.5. The van der Waals surface area contributed by atoms with Crippen molar-refractivity contribution in [2.45, 2.75) is 43.9 Å². The van der Waals surface area contributed by atoms with Gasteiger partial charge in [-0.2, -0.15) is 5.26 Å². The number of aromatic nitrogens is 2. The van der Waals surface area contributed by atoms with E-state index >= 15 is 0 Å². The molecule has 0 spiro atoms. The highest BCUT2D eigenvalue weighted by Gasteiger charge is 2.38. The number of aliphatic hydroxyl groups is 1. The van der Waals surface area contributed by atoms with Crippen LogP contribution in [0.5, 0.6) is 5.88 Å². The van der Waals surface area contributed by atoms with Gasteiger partial charge in [-0.1, -0.05) is 0 Å². The maximum atomic E-state index is 12.5. The lowest BCUT2D eigenvalue weighted by Gasteiger charge is -2.23. The van der Waals surface area contributed by atoms with Gasteiger partial charge in [-0.3, -0.25) is 19.4 Å². The van der Waals surface area contributed by atoms with Gasteiger partial charge >= 0.3 is 6.09 Å². The third kappa shape index (κ3) is 6.07. The van der Waals surface area contributed by atoms with Crippen molar-refractivity contribution in [2.75, 3.05) is 55.9 Å². The van der Waals surface area contributed by atoms with Crippen molar-refractivity contribution >= 4 is 35.2 Å². The Morgan fingerprint density at radius 3 is 2.93 bits per heavy atom. The number of anilines is 3. The minimum Gasteiger partial charge on any atom is -0.465 e. The van der Waals surface area contributed by atoms with Crippen molar-refractivity contribution < 1.29 is 29.0 Å². The lowest BCUT2D eigenvalue weighted by atomic mass is 9.99. The Hall–Kier alpha value is -4.32. The number of nitrogens with zero attached hydrogens (tertiary/aromatic N) is 5. The molecule has 1 aromatic heterocycles. The van der Waals surface area contributed by atoms with Crippen molar-refractivity contribution in [1.82, 2.24) is 20.2 Å². The number of amides is 3. The number of hydrogen-bond donors (Lipinski definition) is 4. The third-order valence-electron chi connectivity index (χ3n) is 7.48. The predicted molar refractivity (Wildman–Crippen MR) is 147 cm³/mol. The molecule has 0 bridgehead atoms. The molecule has 2 aromatic rings. The highest BCUT2D eigenvalue weighted by Crippen LogP contribution is 2.35. The van der Waals surface area contributed by atoms with Gasteiger partial charge in [0, 0.05) is 25.1 Å². The summed E-state index contributed by atoms with van der Waals surface area (Å²) in [6.07, 6.45) is 1.55. The minimum absolute atomic E-state index is 0.141. The molecule has 1 aromatic carbocycles. The highest BCUT2D eigenvalue weighted by atomic mass is 16.6. The molecule has 3 aliphatic rings. The Balaban J connectivity index is 1.13. The summed E-state index contributed by atoms with van der Waals surface area (Å²) in [7, 11) is 3.63. The van der Waals surface area contributed by atoms with E-state index in [-0.39, 0.29) is 55.1 Å². The fourth-order valence-corrected chi connectivity index (χ4v) is 5.05. The zero-order chi connectivity index (χ0) is 29.3. The number of rotatable bonds is 9. The van der Waals surface area contributed by atoms with Crippen LogP contribution in [0.2, 0.25) is 0 Å². The van der Waals surface area contributed by atoms with Crippen molar-refractivity contribution in [1.29, 1.82) is 5.26 Å². The van der Waals surface area contributed by atoms with E-state index in [1.807, 2.05) is 20.2 Å². The van der Waals surface area contributed by atoms with Crippen molar-refractivity contribution in [2.24, 2.45) is 0 Å². The Morgan fingerprint density at radius 2 is 2.17 bits per heavy atom. The number of hydrogen-bond acceptors (Lipinski definition) is 11. The molecule has 3 amide bonds. The number of carbonyl (C=O) groups is 3. The van der Waals surface area contributed by atoms with Gasteiger partial charge < -0.3 is 30.5 Å². The first kappa shape index (κ1) is 28.2. The minimum atomic E-state index is -1.10. The molecule has 216 valence electrons. The fourth-order valence-electron chi connectivity index (χ4n) is 5.05. The first-order valence-electron chi connectivity index (χ1n) is 13.3. The van der Waals surface area contributed by atoms with Crippen LogP contribution in [-0.2, 0) is 27.2 Å². The molecule has 14 heteroatoms. The Bertz CT molecular complexity index is 1430. The zero-order valence-corrected chi connectivity index (χ0v) is 23.1. The number of nitriles is 1. The molecule has 14 nitrogen and oxygen atoms in total. The van der Waals surface area contributed by atoms with E-state index < -0.39 is 17.8 Å². The Kier molecular flexibility index (Phi) is 7.76. The van der Waals surface area contributed by atoms with Gasteiger partial charge in [0.25, 0.3) is 11.8 Å². The molecule has 1 aliphatic carbocycles. The number of carbonyl (C=O) groups excluding carboxylic acids is 3. The summed E-state index contributed by atoms with van der Waals surface area (Å²) in [4.78, 5) is 48.1. The third-order valence-corrected chi connectivity index (χ3v) is 7.48. The molecule has 2 aliphatic heterocycles. The van der Waals surface area contributed by atoms with Crippen molar-refractivity contribution in [3.8, 4) is 11.9 Å². The van der Waals surface area contributed by atoms with Crippen molar-refractivity contribution in [3.63, 3.8) is 0 Å². The van der Waals surface area contributed by atoms with E-state index in [1.54, 1.807) is 17.9 Å². The molecule has 0 radical (unpaired) electrons. The lowest BCUT2D eigenvalue weighted by Crippen LogP contribution is -2.42.